The first-order chi connectivity index (χ1) is 8.81. The van der Waals surface area contributed by atoms with Gasteiger partial charge in [-0.2, -0.15) is 0 Å². The highest BCUT2D eigenvalue weighted by atomic mass is 19.1. The first kappa shape index (κ1) is 13.5. The molecule has 4 nitrogen and oxygen atoms in total. The van der Waals surface area contributed by atoms with E-state index in [1.54, 1.807) is 26.0 Å². The summed E-state index contributed by atoms with van der Waals surface area (Å²) < 4.78 is 12.9. The van der Waals surface area contributed by atoms with Crippen molar-refractivity contribution in [2.45, 2.75) is 25.8 Å². The Morgan fingerprint density at radius 1 is 1.26 bits per heavy atom. The second-order valence-electron chi connectivity index (χ2n) is 5.41. The maximum atomic E-state index is 12.9. The van der Waals surface area contributed by atoms with Crippen molar-refractivity contribution in [3.8, 4) is 0 Å². The third-order valence-corrected chi connectivity index (χ3v) is 3.45. The average molecular weight is 265 g/mol. The van der Waals surface area contributed by atoms with Crippen LogP contribution in [0.2, 0.25) is 0 Å². The molecule has 19 heavy (non-hydrogen) atoms. The summed E-state index contributed by atoms with van der Waals surface area (Å²) >= 11 is 0. The minimum Gasteiger partial charge on any atom is -0.481 e. The zero-order valence-corrected chi connectivity index (χ0v) is 10.8. The molecule has 0 aromatic heterocycles. The molecular formula is C14H16FNO3. The SMILES string of the molecule is CC(C)(NC(=O)[C@@H]1C[C@@H]1C(=O)O)c1ccc(F)cc1. The van der Waals surface area contributed by atoms with Gasteiger partial charge in [-0.15, -0.1) is 0 Å². The van der Waals surface area contributed by atoms with E-state index in [1.165, 1.54) is 12.1 Å². The van der Waals surface area contributed by atoms with Crippen LogP contribution in [0.15, 0.2) is 24.3 Å². The van der Waals surface area contributed by atoms with Crippen molar-refractivity contribution in [1.29, 1.82) is 0 Å². The van der Waals surface area contributed by atoms with Crippen LogP contribution in [-0.4, -0.2) is 17.0 Å². The maximum absolute atomic E-state index is 12.9. The van der Waals surface area contributed by atoms with Crippen molar-refractivity contribution in [2.24, 2.45) is 11.8 Å². The summed E-state index contributed by atoms with van der Waals surface area (Å²) in [5.41, 5.74) is 0.117. The van der Waals surface area contributed by atoms with Crippen LogP contribution in [0.5, 0.6) is 0 Å². The topological polar surface area (TPSA) is 66.4 Å². The molecule has 0 saturated heterocycles. The first-order valence-electron chi connectivity index (χ1n) is 6.12. The fraction of sp³-hybridized carbons (Fsp3) is 0.429. The number of amides is 1. The molecule has 0 bridgehead atoms. The van der Waals surface area contributed by atoms with Gasteiger partial charge in [0.1, 0.15) is 5.82 Å². The molecule has 1 aliphatic carbocycles. The highest BCUT2D eigenvalue weighted by molar-refractivity contribution is 5.89. The molecule has 102 valence electrons. The summed E-state index contributed by atoms with van der Waals surface area (Å²) in [7, 11) is 0. The molecule has 0 spiro atoms. The largest absolute Gasteiger partial charge is 0.481 e. The molecule has 1 amide bonds. The Hall–Kier alpha value is -1.91. The van der Waals surface area contributed by atoms with Gasteiger partial charge in [0, 0.05) is 0 Å². The molecule has 0 unspecified atom stereocenters. The molecule has 1 aromatic carbocycles. The van der Waals surface area contributed by atoms with Crippen molar-refractivity contribution in [3.63, 3.8) is 0 Å². The monoisotopic (exact) mass is 265 g/mol. The predicted molar refractivity (Wildman–Crippen MR) is 66.8 cm³/mol. The Bertz CT molecular complexity index is 510. The van der Waals surface area contributed by atoms with E-state index in [0.29, 0.717) is 6.42 Å². The molecule has 0 aliphatic heterocycles. The number of aliphatic carboxylic acids is 1. The van der Waals surface area contributed by atoms with Crippen molar-refractivity contribution in [2.75, 3.05) is 0 Å². The van der Waals surface area contributed by atoms with Gasteiger partial charge in [-0.05, 0) is 38.0 Å². The van der Waals surface area contributed by atoms with Crippen LogP contribution in [0.4, 0.5) is 4.39 Å². The molecule has 1 fully saturated rings. The van der Waals surface area contributed by atoms with Crippen LogP contribution in [0.3, 0.4) is 0 Å². The summed E-state index contributed by atoms with van der Waals surface area (Å²) in [5.74, 6) is -2.54. The van der Waals surface area contributed by atoms with Gasteiger partial charge in [0.25, 0.3) is 0 Å². The zero-order chi connectivity index (χ0) is 14.2. The van der Waals surface area contributed by atoms with E-state index in [9.17, 15) is 14.0 Å². The summed E-state index contributed by atoms with van der Waals surface area (Å²) in [5, 5.41) is 11.6. The van der Waals surface area contributed by atoms with Crippen molar-refractivity contribution >= 4 is 11.9 Å². The second-order valence-corrected chi connectivity index (χ2v) is 5.41. The van der Waals surface area contributed by atoms with Gasteiger partial charge in [-0.1, -0.05) is 12.1 Å². The van der Waals surface area contributed by atoms with Gasteiger partial charge in [-0.25, -0.2) is 4.39 Å². The first-order valence-corrected chi connectivity index (χ1v) is 6.12. The van der Waals surface area contributed by atoms with Crippen molar-refractivity contribution in [1.82, 2.24) is 5.32 Å². The Morgan fingerprint density at radius 2 is 1.84 bits per heavy atom. The van der Waals surface area contributed by atoms with E-state index in [4.69, 9.17) is 5.11 Å². The number of carboxylic acid groups (broad SMARTS) is 1. The number of hydrogen-bond acceptors (Lipinski definition) is 2. The number of carbonyl (C=O) groups excluding carboxylic acids is 1. The number of halogens is 1. The lowest BCUT2D eigenvalue weighted by molar-refractivity contribution is -0.140. The van der Waals surface area contributed by atoms with Gasteiger partial charge in [0.2, 0.25) is 5.91 Å². The lowest BCUT2D eigenvalue weighted by atomic mass is 9.94. The molecule has 2 rings (SSSR count). The van der Waals surface area contributed by atoms with Crippen LogP contribution >= 0.6 is 0 Å². The van der Waals surface area contributed by atoms with E-state index in [1.807, 2.05) is 0 Å². The van der Waals surface area contributed by atoms with Gasteiger partial charge in [0.05, 0.1) is 17.4 Å². The smallest absolute Gasteiger partial charge is 0.307 e. The van der Waals surface area contributed by atoms with Crippen molar-refractivity contribution < 1.29 is 19.1 Å². The molecule has 2 N–H and O–H groups in total. The Labute approximate surface area is 110 Å². The van der Waals surface area contributed by atoms with E-state index >= 15 is 0 Å². The molecule has 0 radical (unpaired) electrons. The number of nitrogens with one attached hydrogen (secondary N) is 1. The van der Waals surface area contributed by atoms with E-state index < -0.39 is 23.3 Å². The van der Waals surface area contributed by atoms with E-state index in [0.717, 1.165) is 5.56 Å². The molecule has 5 heteroatoms. The Morgan fingerprint density at radius 3 is 2.32 bits per heavy atom. The van der Waals surface area contributed by atoms with Gasteiger partial charge >= 0.3 is 5.97 Å². The van der Waals surface area contributed by atoms with Gasteiger partial charge in [0.15, 0.2) is 0 Å². The number of carboxylic acids is 1. The van der Waals surface area contributed by atoms with Crippen LogP contribution in [0.25, 0.3) is 0 Å². The molecule has 1 aromatic rings. The second kappa shape index (κ2) is 4.64. The number of carbonyl (C=O) groups is 2. The fourth-order valence-electron chi connectivity index (χ4n) is 2.10. The van der Waals surface area contributed by atoms with Crippen LogP contribution < -0.4 is 5.32 Å². The normalized spacial score (nSPS) is 21.8. The minimum atomic E-state index is -0.931. The molecule has 2 atom stereocenters. The fourth-order valence-corrected chi connectivity index (χ4v) is 2.10. The minimum absolute atomic E-state index is 0.262. The van der Waals surface area contributed by atoms with E-state index in [-0.39, 0.29) is 11.7 Å². The maximum Gasteiger partial charge on any atom is 0.307 e. The third kappa shape index (κ3) is 2.92. The zero-order valence-electron chi connectivity index (χ0n) is 10.8. The summed E-state index contributed by atoms with van der Waals surface area (Å²) in [6, 6.07) is 5.88. The predicted octanol–water partition coefficient (Wildman–Crippen LogP) is 1.90. The number of rotatable bonds is 4. The standard InChI is InChI=1S/C14H16FNO3/c1-14(2,8-3-5-9(15)6-4-8)16-12(17)10-7-11(10)13(18)19/h3-6,10-11H,7H2,1-2H3,(H,16,17)(H,18,19)/t10-,11+/m1/s1. The lowest BCUT2D eigenvalue weighted by Gasteiger charge is -2.27. The van der Waals surface area contributed by atoms with Crippen LogP contribution in [0.1, 0.15) is 25.8 Å². The van der Waals surface area contributed by atoms with Crippen molar-refractivity contribution in [3.05, 3.63) is 35.6 Å². The van der Waals surface area contributed by atoms with Gasteiger partial charge < -0.3 is 10.4 Å². The third-order valence-electron chi connectivity index (χ3n) is 3.45. The van der Waals surface area contributed by atoms with Crippen LogP contribution in [0, 0.1) is 17.7 Å². The molecule has 1 saturated carbocycles. The summed E-state index contributed by atoms with van der Waals surface area (Å²) in [4.78, 5) is 22.7. The summed E-state index contributed by atoms with van der Waals surface area (Å²) in [6.45, 7) is 3.60. The average Bonchev–Trinajstić information content (AvgIpc) is 3.08. The van der Waals surface area contributed by atoms with E-state index in [2.05, 4.69) is 5.32 Å². The number of benzene rings is 1. The van der Waals surface area contributed by atoms with Crippen LogP contribution in [-0.2, 0) is 15.1 Å². The Kier molecular flexibility index (Phi) is 3.30. The molecule has 1 aliphatic rings. The number of hydrogen-bond donors (Lipinski definition) is 2. The Balaban J connectivity index is 2.03. The summed E-state index contributed by atoms with van der Waals surface area (Å²) in [6.07, 6.45) is 0.390. The van der Waals surface area contributed by atoms with Gasteiger partial charge in [-0.3, -0.25) is 9.59 Å². The molecular weight excluding hydrogens is 249 g/mol. The molecule has 0 heterocycles. The highest BCUT2D eigenvalue weighted by Gasteiger charge is 2.49. The lowest BCUT2D eigenvalue weighted by Crippen LogP contribution is -2.42. The highest BCUT2D eigenvalue weighted by Crippen LogP contribution is 2.39. The quantitative estimate of drug-likeness (QED) is 0.873.